The molecule has 94 valence electrons. The minimum atomic E-state index is -0.537. The largest absolute Gasteiger partial charge is 0.370 e. The molecule has 1 heterocycles. The average Bonchev–Trinajstić information content (AvgIpc) is 2.68. The lowest BCUT2D eigenvalue weighted by Crippen LogP contribution is -2.29. The van der Waals surface area contributed by atoms with Gasteiger partial charge in [-0.05, 0) is 0 Å². The van der Waals surface area contributed by atoms with E-state index in [-0.39, 0.29) is 6.00 Å². The standard InChI is InChI=1S/C8H10Cl2N4O2S/c1-11-7(4-14(15)16)13(5-9)3-6-2-12-8(10)17-6/h2,4,11H,3,5H2,1H3. The van der Waals surface area contributed by atoms with Gasteiger partial charge in [-0.2, -0.15) is 0 Å². The third-order valence-electron chi connectivity index (χ3n) is 1.84. The summed E-state index contributed by atoms with van der Waals surface area (Å²) in [7, 11) is 1.59. The minimum absolute atomic E-state index is 0.121. The maximum absolute atomic E-state index is 10.4. The zero-order valence-electron chi connectivity index (χ0n) is 8.89. The number of aromatic nitrogens is 1. The van der Waals surface area contributed by atoms with E-state index in [1.54, 1.807) is 18.1 Å². The van der Waals surface area contributed by atoms with Gasteiger partial charge in [0.15, 0.2) is 10.3 Å². The zero-order chi connectivity index (χ0) is 12.8. The Bertz CT molecular complexity index is 423. The second-order valence-corrected chi connectivity index (χ2v) is 4.88. The van der Waals surface area contributed by atoms with Crippen LogP contribution in [0.4, 0.5) is 0 Å². The first kappa shape index (κ1) is 14.0. The fourth-order valence-electron chi connectivity index (χ4n) is 1.14. The third kappa shape index (κ3) is 4.37. The highest BCUT2D eigenvalue weighted by Gasteiger charge is 2.13. The summed E-state index contributed by atoms with van der Waals surface area (Å²) in [5.41, 5.74) is 0. The number of nitro groups is 1. The number of thiazole rings is 1. The maximum Gasteiger partial charge on any atom is 0.274 e. The molecule has 0 amide bonds. The zero-order valence-corrected chi connectivity index (χ0v) is 11.2. The summed E-state index contributed by atoms with van der Waals surface area (Å²) in [5.74, 6) is 0.328. The van der Waals surface area contributed by atoms with Crippen LogP contribution in [0.3, 0.4) is 0 Å². The van der Waals surface area contributed by atoms with Crippen LogP contribution in [0.5, 0.6) is 0 Å². The van der Waals surface area contributed by atoms with Gasteiger partial charge in [0.25, 0.3) is 6.20 Å². The van der Waals surface area contributed by atoms with Gasteiger partial charge in [-0.25, -0.2) is 4.98 Å². The van der Waals surface area contributed by atoms with Crippen molar-refractivity contribution in [1.29, 1.82) is 0 Å². The van der Waals surface area contributed by atoms with Crippen LogP contribution in [0.15, 0.2) is 18.2 Å². The molecule has 0 unspecified atom stereocenters. The number of nitrogens with zero attached hydrogens (tertiary/aromatic N) is 3. The molecule has 1 rings (SSSR count). The quantitative estimate of drug-likeness (QED) is 0.377. The lowest BCUT2D eigenvalue weighted by Gasteiger charge is -2.21. The van der Waals surface area contributed by atoms with E-state index in [9.17, 15) is 10.1 Å². The number of nitrogens with one attached hydrogen (secondary N) is 1. The molecule has 0 bridgehead atoms. The van der Waals surface area contributed by atoms with Crippen molar-refractivity contribution in [2.45, 2.75) is 6.54 Å². The summed E-state index contributed by atoms with van der Waals surface area (Å²) < 4.78 is 0.429. The highest BCUT2D eigenvalue weighted by molar-refractivity contribution is 7.15. The smallest absolute Gasteiger partial charge is 0.274 e. The van der Waals surface area contributed by atoms with Crippen LogP contribution in [-0.2, 0) is 6.54 Å². The molecule has 0 aliphatic heterocycles. The SMILES string of the molecule is CNC(=C[N+](=O)[O-])N(CCl)Cc1cnc(Cl)s1. The number of hydrogen-bond acceptors (Lipinski definition) is 6. The van der Waals surface area contributed by atoms with Gasteiger partial charge in [-0.15, -0.1) is 22.9 Å². The van der Waals surface area contributed by atoms with Gasteiger partial charge >= 0.3 is 0 Å². The van der Waals surface area contributed by atoms with Crippen LogP contribution in [0, 0.1) is 10.1 Å². The first-order valence-electron chi connectivity index (χ1n) is 4.51. The number of alkyl halides is 1. The molecule has 0 saturated carbocycles. The van der Waals surface area contributed by atoms with Gasteiger partial charge in [0, 0.05) is 18.1 Å². The minimum Gasteiger partial charge on any atom is -0.370 e. The van der Waals surface area contributed by atoms with Crippen LogP contribution in [0.25, 0.3) is 0 Å². The molecule has 0 aliphatic carbocycles. The molecule has 0 aromatic carbocycles. The van der Waals surface area contributed by atoms with Crippen LogP contribution in [-0.4, -0.2) is 27.9 Å². The lowest BCUT2D eigenvalue weighted by atomic mass is 10.5. The fraction of sp³-hybridized carbons (Fsp3) is 0.375. The second kappa shape index (κ2) is 6.63. The first-order chi connectivity index (χ1) is 8.06. The Hall–Kier alpha value is -1.05. The van der Waals surface area contributed by atoms with E-state index in [1.807, 2.05) is 0 Å². The van der Waals surface area contributed by atoms with Crippen LogP contribution < -0.4 is 5.32 Å². The summed E-state index contributed by atoms with van der Waals surface area (Å²) >= 11 is 12.8. The van der Waals surface area contributed by atoms with E-state index in [1.165, 1.54) is 11.3 Å². The van der Waals surface area contributed by atoms with Crippen molar-refractivity contribution in [3.05, 3.63) is 37.7 Å². The molecule has 1 aromatic rings. The summed E-state index contributed by atoms with van der Waals surface area (Å²) in [5, 5.41) is 13.2. The highest BCUT2D eigenvalue weighted by atomic mass is 35.5. The fourth-order valence-corrected chi connectivity index (χ4v) is 2.35. The molecule has 17 heavy (non-hydrogen) atoms. The Kier molecular flexibility index (Phi) is 5.46. The average molecular weight is 297 g/mol. The second-order valence-electron chi connectivity index (χ2n) is 2.95. The molecular weight excluding hydrogens is 287 g/mol. The summed E-state index contributed by atoms with van der Waals surface area (Å²) in [6.07, 6.45) is 2.48. The third-order valence-corrected chi connectivity index (χ3v) is 3.23. The molecule has 0 radical (unpaired) electrons. The van der Waals surface area contributed by atoms with Gasteiger partial charge in [0.1, 0.15) is 0 Å². The molecule has 1 aromatic heterocycles. The van der Waals surface area contributed by atoms with E-state index in [0.717, 1.165) is 11.1 Å². The monoisotopic (exact) mass is 296 g/mol. The van der Waals surface area contributed by atoms with E-state index in [0.29, 0.717) is 16.8 Å². The summed E-state index contributed by atoms with van der Waals surface area (Å²) in [4.78, 5) is 16.3. The topological polar surface area (TPSA) is 71.3 Å². The van der Waals surface area contributed by atoms with Gasteiger partial charge in [-0.1, -0.05) is 11.6 Å². The van der Waals surface area contributed by atoms with E-state index >= 15 is 0 Å². The van der Waals surface area contributed by atoms with Crippen molar-refractivity contribution in [2.75, 3.05) is 13.1 Å². The molecular formula is C8H10Cl2N4O2S. The van der Waals surface area contributed by atoms with Crippen LogP contribution >= 0.6 is 34.5 Å². The van der Waals surface area contributed by atoms with Gasteiger partial charge < -0.3 is 10.2 Å². The van der Waals surface area contributed by atoms with E-state index in [4.69, 9.17) is 23.2 Å². The molecule has 0 aliphatic rings. The normalized spacial score (nSPS) is 11.4. The van der Waals surface area contributed by atoms with Crippen molar-refractivity contribution in [1.82, 2.24) is 15.2 Å². The Morgan fingerprint density at radius 3 is 2.94 bits per heavy atom. The number of rotatable bonds is 6. The maximum atomic E-state index is 10.4. The highest BCUT2D eigenvalue weighted by Crippen LogP contribution is 2.20. The van der Waals surface area contributed by atoms with Crippen molar-refractivity contribution >= 4 is 34.5 Å². The Balaban J connectivity index is 2.80. The molecule has 0 spiro atoms. The Labute approximate surface area is 112 Å². The molecule has 1 N–H and O–H groups in total. The van der Waals surface area contributed by atoms with Crippen molar-refractivity contribution in [3.8, 4) is 0 Å². The molecule has 0 saturated heterocycles. The molecule has 0 fully saturated rings. The van der Waals surface area contributed by atoms with Gasteiger partial charge in [0.05, 0.1) is 17.5 Å². The van der Waals surface area contributed by atoms with E-state index in [2.05, 4.69) is 10.3 Å². The summed E-state index contributed by atoms with van der Waals surface area (Å²) in [6.45, 7) is 0.411. The predicted molar refractivity (Wildman–Crippen MR) is 67.5 cm³/mol. The molecule has 6 nitrogen and oxygen atoms in total. The van der Waals surface area contributed by atoms with Crippen molar-refractivity contribution in [2.24, 2.45) is 0 Å². The van der Waals surface area contributed by atoms with Crippen molar-refractivity contribution < 1.29 is 4.92 Å². The van der Waals surface area contributed by atoms with Crippen LogP contribution in [0.2, 0.25) is 4.47 Å². The molecule has 0 atom stereocenters. The van der Waals surface area contributed by atoms with Crippen molar-refractivity contribution in [3.63, 3.8) is 0 Å². The Morgan fingerprint density at radius 2 is 2.53 bits per heavy atom. The Morgan fingerprint density at radius 1 is 1.82 bits per heavy atom. The first-order valence-corrected chi connectivity index (χ1v) is 6.24. The number of halogens is 2. The van der Waals surface area contributed by atoms with Gasteiger partial charge in [0.2, 0.25) is 0 Å². The number of hydrogen-bond donors (Lipinski definition) is 1. The predicted octanol–water partition coefficient (Wildman–Crippen LogP) is 2.09. The lowest BCUT2D eigenvalue weighted by molar-refractivity contribution is -0.404. The van der Waals surface area contributed by atoms with Gasteiger partial charge in [-0.3, -0.25) is 10.1 Å². The summed E-state index contributed by atoms with van der Waals surface area (Å²) in [6, 6.07) is 0.121. The van der Waals surface area contributed by atoms with Crippen LogP contribution in [0.1, 0.15) is 4.88 Å². The van der Waals surface area contributed by atoms with E-state index < -0.39 is 4.92 Å². The molecule has 9 heteroatoms.